The number of nitrogens with one attached hydrogen (secondary N) is 2. The highest BCUT2D eigenvalue weighted by Crippen LogP contribution is 2.36. The van der Waals surface area contributed by atoms with Gasteiger partial charge in [-0.15, -0.1) is 11.8 Å². The van der Waals surface area contributed by atoms with Gasteiger partial charge in [-0.3, -0.25) is 4.79 Å². The summed E-state index contributed by atoms with van der Waals surface area (Å²) < 4.78 is 12.5. The van der Waals surface area contributed by atoms with Crippen molar-refractivity contribution in [2.24, 2.45) is 17.8 Å². The van der Waals surface area contributed by atoms with Crippen LogP contribution in [-0.2, 0) is 14.3 Å². The first kappa shape index (κ1) is 29.8. The molecule has 4 saturated heterocycles. The number of aliphatic hydroxyl groups is 3. The highest BCUT2D eigenvalue weighted by Gasteiger charge is 2.49. The van der Waals surface area contributed by atoms with Crippen molar-refractivity contribution in [1.82, 2.24) is 15.5 Å². The number of ether oxygens (including phenoxy) is 2. The lowest BCUT2D eigenvalue weighted by Gasteiger charge is -2.44. The third-order valence-electron chi connectivity index (χ3n) is 9.23. The van der Waals surface area contributed by atoms with Crippen LogP contribution in [0.2, 0.25) is 0 Å². The lowest BCUT2D eigenvalue weighted by molar-refractivity contribution is -0.205. The minimum atomic E-state index is -1.34. The molecule has 5 N–H and O–H groups in total. The van der Waals surface area contributed by atoms with E-state index < -0.39 is 41.9 Å². The third-order valence-corrected chi connectivity index (χ3v) is 10.6. The van der Waals surface area contributed by atoms with Gasteiger partial charge in [0.15, 0.2) is 0 Å². The van der Waals surface area contributed by atoms with Gasteiger partial charge >= 0.3 is 0 Å². The Labute approximate surface area is 237 Å². The minimum absolute atomic E-state index is 0.159. The molecule has 0 aromatic heterocycles. The molecule has 11 atom stereocenters. The maximum absolute atomic E-state index is 13.6. The Morgan fingerprint density at radius 1 is 1.10 bits per heavy atom. The maximum Gasteiger partial charge on any atom is 0.240 e. The number of hydrogen-bond donors (Lipinski definition) is 5. The van der Waals surface area contributed by atoms with Crippen molar-refractivity contribution >= 4 is 17.7 Å². The van der Waals surface area contributed by atoms with Crippen LogP contribution in [0.25, 0.3) is 0 Å². The number of aliphatic hydroxyl groups excluding tert-OH is 3. The highest BCUT2D eigenvalue weighted by atomic mass is 32.2. The number of nitrogens with zero attached hydrogens (tertiary/aromatic N) is 1. The Balaban J connectivity index is 1.26. The first-order valence-corrected chi connectivity index (χ1v) is 16.1. The summed E-state index contributed by atoms with van der Waals surface area (Å²) >= 11 is 1.53. The Kier molecular flexibility index (Phi) is 10.3. The van der Waals surface area contributed by atoms with E-state index in [-0.39, 0.29) is 17.3 Å². The van der Waals surface area contributed by atoms with E-state index in [1.807, 2.05) is 0 Å². The van der Waals surface area contributed by atoms with Crippen molar-refractivity contribution in [3.05, 3.63) is 12.2 Å². The van der Waals surface area contributed by atoms with E-state index in [1.165, 1.54) is 31.0 Å². The second-order valence-electron chi connectivity index (χ2n) is 12.8. The summed E-state index contributed by atoms with van der Waals surface area (Å²) in [6.07, 6.45) is 6.37. The molecule has 5 aliphatic heterocycles. The molecule has 1 amide bonds. The average molecular weight is 568 g/mol. The Hall–Kier alpha value is -0.720. The van der Waals surface area contributed by atoms with Crippen molar-refractivity contribution in [2.75, 3.05) is 32.8 Å². The van der Waals surface area contributed by atoms with Crippen LogP contribution in [0.4, 0.5) is 0 Å². The number of allylic oxidation sites excluding steroid dienone is 1. The topological polar surface area (TPSA) is 124 Å². The van der Waals surface area contributed by atoms with Crippen LogP contribution in [0.5, 0.6) is 0 Å². The van der Waals surface area contributed by atoms with E-state index in [9.17, 15) is 20.1 Å². The first-order valence-electron chi connectivity index (χ1n) is 15.2. The van der Waals surface area contributed by atoms with Crippen LogP contribution < -0.4 is 10.6 Å². The van der Waals surface area contributed by atoms with Crippen LogP contribution in [0.3, 0.4) is 0 Å². The van der Waals surface area contributed by atoms with Crippen molar-refractivity contribution in [3.8, 4) is 0 Å². The molecule has 5 heterocycles. The second kappa shape index (κ2) is 13.5. The number of hydrogen-bond acceptors (Lipinski definition) is 9. The molecule has 222 valence electrons. The van der Waals surface area contributed by atoms with Crippen molar-refractivity contribution in [1.29, 1.82) is 0 Å². The van der Waals surface area contributed by atoms with Crippen molar-refractivity contribution in [2.45, 2.75) is 112 Å². The minimum Gasteiger partial charge on any atom is -0.388 e. The zero-order chi connectivity index (χ0) is 27.5. The number of likely N-dealkylation sites (tertiary alicyclic amines) is 1. The van der Waals surface area contributed by atoms with Gasteiger partial charge in [-0.1, -0.05) is 26.0 Å². The Bertz CT molecular complexity index is 842. The van der Waals surface area contributed by atoms with Gasteiger partial charge in [0.1, 0.15) is 35.9 Å². The number of amides is 1. The molecule has 0 saturated carbocycles. The smallest absolute Gasteiger partial charge is 0.240 e. The van der Waals surface area contributed by atoms with Crippen LogP contribution >= 0.6 is 11.8 Å². The quantitative estimate of drug-likeness (QED) is 0.302. The molecule has 2 bridgehead atoms. The third kappa shape index (κ3) is 7.20. The van der Waals surface area contributed by atoms with Crippen molar-refractivity contribution in [3.63, 3.8) is 0 Å². The molecule has 0 radical (unpaired) electrons. The number of rotatable bonds is 6. The molecule has 5 aliphatic rings. The fourth-order valence-electron chi connectivity index (χ4n) is 7.25. The zero-order valence-corrected chi connectivity index (χ0v) is 24.3. The van der Waals surface area contributed by atoms with Crippen LogP contribution in [0.1, 0.15) is 58.8 Å². The molecule has 5 rings (SSSR count). The van der Waals surface area contributed by atoms with Crippen molar-refractivity contribution < 1.29 is 29.6 Å². The van der Waals surface area contributed by atoms with E-state index in [0.717, 1.165) is 45.4 Å². The van der Waals surface area contributed by atoms with E-state index in [4.69, 9.17) is 9.47 Å². The molecular formula is C29H49N3O6S. The van der Waals surface area contributed by atoms with Gasteiger partial charge in [-0.25, -0.2) is 0 Å². The van der Waals surface area contributed by atoms with Gasteiger partial charge in [0, 0.05) is 24.9 Å². The lowest BCUT2D eigenvalue weighted by atomic mass is 9.85. The number of thioether (sulfide) groups is 1. The predicted molar refractivity (Wildman–Crippen MR) is 151 cm³/mol. The first-order chi connectivity index (χ1) is 18.8. The maximum atomic E-state index is 13.6. The molecule has 0 aromatic rings. The van der Waals surface area contributed by atoms with Gasteiger partial charge in [-0.05, 0) is 75.8 Å². The summed E-state index contributed by atoms with van der Waals surface area (Å²) in [5.74, 6) is 1.41. The summed E-state index contributed by atoms with van der Waals surface area (Å²) in [4.78, 5) is 16.1. The largest absolute Gasteiger partial charge is 0.388 e. The fraction of sp³-hybridized carbons (Fsp3) is 0.897. The standard InChI is InChI=1S/C29H49N3O6S/c1-17(2)13-18-9-12-37-26-19(14-18)15-30-22(26)28(36)31-21-8-4-3-7-20(16-32-10-5-6-11-32)39-29-25(35)23(33)24(34)27(21)38-29/h3-4,17-27,29-30,33-35H,5-16H2,1-2H3,(H,31,36)/t18-,19-,20-,21+,22-,23-,24+,25+,26+,27+,29+/m0/s1. The predicted octanol–water partition coefficient (Wildman–Crippen LogP) is 1.26. The van der Waals surface area contributed by atoms with Gasteiger partial charge in [-0.2, -0.15) is 0 Å². The van der Waals surface area contributed by atoms with Crippen LogP contribution in [0.15, 0.2) is 12.2 Å². The SMILES string of the molecule is CC(C)C[C@@H]1CCO[C@@H]2[C@H](CN[C@@H]2C(=O)N[C@@H]2CC=CC[C@@H](CN3CCCC3)S[C@H]3O[C@H]2[C@H](O)[C@H](O)[C@H]3O)C1. The normalized spacial score (nSPS) is 43.7. The number of carbonyl (C=O) groups excluding carboxylic acids is 1. The summed E-state index contributed by atoms with van der Waals surface area (Å²) in [6.45, 7) is 9.02. The summed E-state index contributed by atoms with van der Waals surface area (Å²) in [7, 11) is 0. The number of carbonyl (C=O) groups is 1. The van der Waals surface area contributed by atoms with Crippen LogP contribution in [-0.4, -0.2) is 112 Å². The Morgan fingerprint density at radius 3 is 2.64 bits per heavy atom. The Morgan fingerprint density at radius 2 is 1.87 bits per heavy atom. The van der Waals surface area contributed by atoms with Gasteiger partial charge in [0.05, 0.1) is 12.1 Å². The lowest BCUT2D eigenvalue weighted by Crippen LogP contribution is -2.64. The molecule has 0 aromatic carbocycles. The molecule has 4 fully saturated rings. The van der Waals surface area contributed by atoms with E-state index in [1.54, 1.807) is 0 Å². The van der Waals surface area contributed by atoms with E-state index in [2.05, 4.69) is 41.5 Å². The summed E-state index contributed by atoms with van der Waals surface area (Å²) in [5.41, 5.74) is -0.677. The highest BCUT2D eigenvalue weighted by molar-refractivity contribution is 8.00. The number of fused-ring (bicyclic) bond motifs is 3. The zero-order valence-electron chi connectivity index (χ0n) is 23.5. The molecule has 0 aliphatic carbocycles. The van der Waals surface area contributed by atoms with E-state index >= 15 is 0 Å². The molecular weight excluding hydrogens is 518 g/mol. The monoisotopic (exact) mass is 567 g/mol. The molecule has 0 spiro atoms. The summed E-state index contributed by atoms with van der Waals surface area (Å²) in [5, 5.41) is 39.3. The molecule has 39 heavy (non-hydrogen) atoms. The average Bonchev–Trinajstić information content (AvgIpc) is 3.51. The van der Waals surface area contributed by atoms with Gasteiger partial charge in [0.25, 0.3) is 0 Å². The molecule has 10 heteroatoms. The fourth-order valence-corrected chi connectivity index (χ4v) is 8.66. The van der Waals surface area contributed by atoms with E-state index in [0.29, 0.717) is 30.8 Å². The van der Waals surface area contributed by atoms with Crippen LogP contribution in [0, 0.1) is 17.8 Å². The second-order valence-corrected chi connectivity index (χ2v) is 14.2. The van der Waals surface area contributed by atoms with Gasteiger partial charge in [0.2, 0.25) is 5.91 Å². The summed E-state index contributed by atoms with van der Waals surface area (Å²) in [6, 6.07) is -0.997. The molecule has 9 nitrogen and oxygen atoms in total. The van der Waals surface area contributed by atoms with Gasteiger partial charge < -0.3 is 40.3 Å². The molecule has 0 unspecified atom stereocenters.